The van der Waals surface area contributed by atoms with E-state index in [0.29, 0.717) is 6.54 Å². The first-order valence-electron chi connectivity index (χ1n) is 5.86. The third-order valence-corrected chi connectivity index (χ3v) is 4.00. The van der Waals surface area contributed by atoms with Crippen molar-refractivity contribution in [3.05, 3.63) is 45.6 Å². The molecule has 0 aliphatic carbocycles. The molecule has 0 radical (unpaired) electrons. The quantitative estimate of drug-likeness (QED) is 0.669. The number of para-hydroxylation sites is 1. The molecule has 1 heterocycles. The van der Waals surface area contributed by atoms with Crippen molar-refractivity contribution < 1.29 is 9.90 Å². The van der Waals surface area contributed by atoms with E-state index < -0.39 is 0 Å². The highest BCUT2D eigenvalue weighted by Crippen LogP contribution is 2.26. The van der Waals surface area contributed by atoms with Gasteiger partial charge in [0.25, 0.3) is 5.91 Å². The molecule has 1 amide bonds. The molecule has 19 heavy (non-hydrogen) atoms. The topological polar surface area (TPSA) is 66.6 Å². The monoisotopic (exact) mass is 276 g/mol. The van der Waals surface area contributed by atoms with Crippen LogP contribution in [0.2, 0.25) is 0 Å². The summed E-state index contributed by atoms with van der Waals surface area (Å²) in [5, 5.41) is 11.8. The van der Waals surface area contributed by atoms with E-state index in [-0.39, 0.29) is 22.9 Å². The van der Waals surface area contributed by atoms with Crippen LogP contribution >= 0.6 is 11.3 Å². The second-order valence-electron chi connectivity index (χ2n) is 4.43. The maximum absolute atomic E-state index is 12.3. The minimum atomic E-state index is -0.238. The van der Waals surface area contributed by atoms with E-state index >= 15 is 0 Å². The summed E-state index contributed by atoms with van der Waals surface area (Å²) in [5.41, 5.74) is 7.22. The molecule has 0 atom stereocenters. The molecule has 0 spiro atoms. The van der Waals surface area contributed by atoms with Crippen LogP contribution in [0.15, 0.2) is 29.6 Å². The van der Waals surface area contributed by atoms with Gasteiger partial charge in [0.05, 0.1) is 17.8 Å². The molecule has 0 saturated heterocycles. The Morgan fingerprint density at radius 2 is 2.16 bits per heavy atom. The van der Waals surface area contributed by atoms with Crippen LogP contribution in [0.25, 0.3) is 0 Å². The Labute approximate surface area is 116 Å². The molecule has 4 nitrogen and oxygen atoms in total. The third-order valence-electron chi connectivity index (χ3n) is 2.99. The van der Waals surface area contributed by atoms with Gasteiger partial charge in [-0.15, -0.1) is 11.3 Å². The highest BCUT2D eigenvalue weighted by Gasteiger charge is 2.18. The molecule has 0 aliphatic heterocycles. The number of carbonyl (C=O) groups is 1. The van der Waals surface area contributed by atoms with Crippen molar-refractivity contribution in [3.8, 4) is 5.75 Å². The Hall–Kier alpha value is -2.01. The summed E-state index contributed by atoms with van der Waals surface area (Å²) in [5.74, 6) is -0.389. The molecular weight excluding hydrogens is 260 g/mol. The maximum Gasteiger partial charge on any atom is 0.257 e. The first-order valence-corrected chi connectivity index (χ1v) is 6.74. The zero-order valence-corrected chi connectivity index (χ0v) is 11.7. The molecule has 2 aromatic rings. The number of aryl methyl sites for hydroxylation is 1. The van der Waals surface area contributed by atoms with E-state index in [1.165, 1.54) is 5.56 Å². The maximum atomic E-state index is 12.3. The number of aromatic hydroxyl groups is 1. The van der Waals surface area contributed by atoms with Gasteiger partial charge in [-0.05, 0) is 36.1 Å². The number of hydrogen-bond acceptors (Lipinski definition) is 4. The van der Waals surface area contributed by atoms with E-state index in [4.69, 9.17) is 5.73 Å². The number of nitrogen functional groups attached to an aromatic ring is 1. The Morgan fingerprint density at radius 3 is 2.79 bits per heavy atom. The summed E-state index contributed by atoms with van der Waals surface area (Å²) >= 11 is 1.62. The first kappa shape index (κ1) is 13.4. The van der Waals surface area contributed by atoms with Crippen LogP contribution in [0.5, 0.6) is 5.75 Å². The van der Waals surface area contributed by atoms with Gasteiger partial charge in [0.2, 0.25) is 0 Å². The number of amides is 1. The number of phenols is 1. The second kappa shape index (κ2) is 5.32. The molecule has 0 bridgehead atoms. The molecule has 0 fully saturated rings. The molecule has 0 aliphatic rings. The molecule has 0 saturated carbocycles. The van der Waals surface area contributed by atoms with E-state index in [9.17, 15) is 9.90 Å². The number of rotatable bonds is 3. The van der Waals surface area contributed by atoms with Gasteiger partial charge in [-0.3, -0.25) is 4.79 Å². The number of phenolic OH excluding ortho intramolecular Hbond substituents is 1. The number of nitrogens with two attached hydrogens (primary N) is 1. The van der Waals surface area contributed by atoms with Crippen molar-refractivity contribution >= 4 is 22.9 Å². The first-order chi connectivity index (χ1) is 9.00. The summed E-state index contributed by atoms with van der Waals surface area (Å²) < 4.78 is 0. The summed E-state index contributed by atoms with van der Waals surface area (Å²) in [4.78, 5) is 15.0. The van der Waals surface area contributed by atoms with Crippen molar-refractivity contribution in [1.82, 2.24) is 4.90 Å². The van der Waals surface area contributed by atoms with Gasteiger partial charge >= 0.3 is 0 Å². The van der Waals surface area contributed by atoms with Crippen molar-refractivity contribution in [1.29, 1.82) is 0 Å². The Kier molecular flexibility index (Phi) is 3.76. The molecule has 5 heteroatoms. The predicted octanol–water partition coefficient (Wildman–Crippen LogP) is 2.62. The number of anilines is 1. The van der Waals surface area contributed by atoms with E-state index in [1.807, 2.05) is 18.4 Å². The number of carbonyl (C=O) groups excluding carboxylic acids is 1. The molecule has 100 valence electrons. The Morgan fingerprint density at radius 1 is 1.42 bits per heavy atom. The summed E-state index contributed by atoms with van der Waals surface area (Å²) in [6, 6.07) is 6.82. The summed E-state index contributed by atoms with van der Waals surface area (Å²) in [6.07, 6.45) is 0. The fraction of sp³-hybridized carbons (Fsp3) is 0.214. The zero-order valence-electron chi connectivity index (χ0n) is 10.9. The van der Waals surface area contributed by atoms with Gasteiger partial charge in [0.15, 0.2) is 5.75 Å². The lowest BCUT2D eigenvalue weighted by molar-refractivity contribution is 0.0783. The van der Waals surface area contributed by atoms with Crippen LogP contribution in [-0.4, -0.2) is 23.0 Å². The van der Waals surface area contributed by atoms with E-state index in [0.717, 1.165) is 4.88 Å². The minimum Gasteiger partial charge on any atom is -0.505 e. The average molecular weight is 276 g/mol. The smallest absolute Gasteiger partial charge is 0.257 e. The summed E-state index contributed by atoms with van der Waals surface area (Å²) in [6.45, 7) is 2.54. The van der Waals surface area contributed by atoms with E-state index in [1.54, 1.807) is 41.5 Å². The molecule has 3 N–H and O–H groups in total. The lowest BCUT2D eigenvalue weighted by atomic mass is 10.1. The Balaban J connectivity index is 2.20. The second-order valence-corrected chi connectivity index (χ2v) is 5.43. The fourth-order valence-corrected chi connectivity index (χ4v) is 2.75. The van der Waals surface area contributed by atoms with Crippen LogP contribution in [0.1, 0.15) is 20.8 Å². The van der Waals surface area contributed by atoms with Gasteiger partial charge < -0.3 is 15.7 Å². The fourth-order valence-electron chi connectivity index (χ4n) is 1.79. The van der Waals surface area contributed by atoms with Gasteiger partial charge in [-0.25, -0.2) is 0 Å². The van der Waals surface area contributed by atoms with Gasteiger partial charge in [0, 0.05) is 11.9 Å². The zero-order chi connectivity index (χ0) is 14.0. The summed E-state index contributed by atoms with van der Waals surface area (Å²) in [7, 11) is 1.71. The number of hydrogen-bond donors (Lipinski definition) is 2. The largest absolute Gasteiger partial charge is 0.505 e. The lowest BCUT2D eigenvalue weighted by Crippen LogP contribution is -2.26. The Bertz CT molecular complexity index is 607. The third kappa shape index (κ3) is 2.71. The highest BCUT2D eigenvalue weighted by molar-refractivity contribution is 7.10. The van der Waals surface area contributed by atoms with E-state index in [2.05, 4.69) is 0 Å². The van der Waals surface area contributed by atoms with Gasteiger partial charge in [0.1, 0.15) is 0 Å². The van der Waals surface area contributed by atoms with Crippen LogP contribution in [0, 0.1) is 6.92 Å². The average Bonchev–Trinajstić information content (AvgIpc) is 2.77. The number of nitrogens with zero attached hydrogens (tertiary/aromatic N) is 1. The van der Waals surface area contributed by atoms with Crippen LogP contribution in [0.4, 0.5) is 5.69 Å². The normalized spacial score (nSPS) is 10.4. The molecule has 1 aromatic carbocycles. The van der Waals surface area contributed by atoms with Crippen LogP contribution in [-0.2, 0) is 6.54 Å². The molecule has 1 aromatic heterocycles. The highest BCUT2D eigenvalue weighted by atomic mass is 32.1. The SMILES string of the molecule is Cc1ccsc1CN(C)C(=O)c1cccc(N)c1O. The van der Waals surface area contributed by atoms with Crippen LogP contribution in [0.3, 0.4) is 0 Å². The van der Waals surface area contributed by atoms with Crippen molar-refractivity contribution in [2.45, 2.75) is 13.5 Å². The molecule has 2 rings (SSSR count). The van der Waals surface area contributed by atoms with Crippen molar-refractivity contribution in [2.24, 2.45) is 0 Å². The number of benzene rings is 1. The standard InChI is InChI=1S/C14H16N2O2S/c1-9-6-7-19-12(9)8-16(2)14(18)10-4-3-5-11(15)13(10)17/h3-7,17H,8,15H2,1-2H3. The minimum absolute atomic E-state index is 0.151. The molecule has 0 unspecified atom stereocenters. The molecular formula is C14H16N2O2S. The predicted molar refractivity (Wildman–Crippen MR) is 77.4 cm³/mol. The van der Waals surface area contributed by atoms with Gasteiger partial charge in [-0.1, -0.05) is 6.07 Å². The van der Waals surface area contributed by atoms with Crippen LogP contribution < -0.4 is 5.73 Å². The van der Waals surface area contributed by atoms with Crippen molar-refractivity contribution in [3.63, 3.8) is 0 Å². The lowest BCUT2D eigenvalue weighted by Gasteiger charge is -2.18. The van der Waals surface area contributed by atoms with Gasteiger partial charge in [-0.2, -0.15) is 0 Å². The number of thiophene rings is 1. The van der Waals surface area contributed by atoms with Crippen molar-refractivity contribution in [2.75, 3.05) is 12.8 Å².